The summed E-state index contributed by atoms with van der Waals surface area (Å²) in [6.07, 6.45) is 4.80. The molecule has 2 amide bonds. The summed E-state index contributed by atoms with van der Waals surface area (Å²) in [7, 11) is 0. The van der Waals surface area contributed by atoms with Crippen molar-refractivity contribution >= 4 is 23.5 Å². The van der Waals surface area contributed by atoms with Gasteiger partial charge in [0.05, 0.1) is 11.1 Å². The predicted molar refractivity (Wildman–Crippen MR) is 143 cm³/mol. The van der Waals surface area contributed by atoms with Gasteiger partial charge in [-0.25, -0.2) is 9.18 Å². The third kappa shape index (κ3) is 5.06. The molecule has 3 aliphatic rings. The lowest BCUT2D eigenvalue weighted by molar-refractivity contribution is -0.131. The standard InChI is InChI=1S/C30H36FN3O4/c31-23-7-5-21(6-8-23)27(35)22-12-17-33(18-13-22)16-11-20-9-14-30(15-10-20,28(32)36)25-19-34(29(37)38)26-4-2-1-3-24(25)26/h1-8,20,22,25H,9-19H2,(H2,32,36)(H,37,38). The van der Waals surface area contributed by atoms with Gasteiger partial charge in [-0.3, -0.25) is 14.5 Å². The monoisotopic (exact) mass is 521 g/mol. The third-order valence-electron chi connectivity index (χ3n) is 9.29. The number of ketones is 1. The summed E-state index contributed by atoms with van der Waals surface area (Å²) in [5.41, 5.74) is 7.45. The molecule has 2 aromatic carbocycles. The Morgan fingerprint density at radius 1 is 0.974 bits per heavy atom. The number of halogens is 1. The van der Waals surface area contributed by atoms with Crippen LogP contribution < -0.4 is 10.6 Å². The summed E-state index contributed by atoms with van der Waals surface area (Å²) >= 11 is 0. The van der Waals surface area contributed by atoms with Crippen molar-refractivity contribution in [3.8, 4) is 0 Å². The van der Waals surface area contributed by atoms with Crippen LogP contribution in [0.25, 0.3) is 0 Å². The maximum Gasteiger partial charge on any atom is 0.411 e. The second-order valence-electron chi connectivity index (χ2n) is 11.2. The van der Waals surface area contributed by atoms with Gasteiger partial charge in [0.15, 0.2) is 5.78 Å². The fourth-order valence-corrected chi connectivity index (χ4v) is 6.94. The van der Waals surface area contributed by atoms with E-state index in [2.05, 4.69) is 4.90 Å². The summed E-state index contributed by atoms with van der Waals surface area (Å²) < 4.78 is 13.2. The SMILES string of the molecule is NC(=O)C1(C2CN(C(=O)O)c3ccccc32)CCC(CCN2CCC(C(=O)c3ccc(F)cc3)CC2)CC1. The van der Waals surface area contributed by atoms with Crippen LogP contribution in [-0.2, 0) is 4.79 Å². The Morgan fingerprint density at radius 2 is 1.63 bits per heavy atom. The van der Waals surface area contributed by atoms with Crippen LogP contribution >= 0.6 is 0 Å². The largest absolute Gasteiger partial charge is 0.465 e. The van der Waals surface area contributed by atoms with E-state index >= 15 is 0 Å². The van der Waals surface area contributed by atoms with Crippen molar-refractivity contribution in [1.29, 1.82) is 0 Å². The van der Waals surface area contributed by atoms with Gasteiger partial charge >= 0.3 is 6.09 Å². The van der Waals surface area contributed by atoms with E-state index < -0.39 is 11.5 Å². The fourth-order valence-electron chi connectivity index (χ4n) is 6.94. The molecule has 2 heterocycles. The molecule has 8 heteroatoms. The number of fused-ring (bicyclic) bond motifs is 1. The molecule has 0 aromatic heterocycles. The van der Waals surface area contributed by atoms with Gasteiger partial charge in [-0.2, -0.15) is 0 Å². The van der Waals surface area contributed by atoms with Crippen LogP contribution in [-0.4, -0.2) is 54.0 Å². The van der Waals surface area contributed by atoms with Crippen LogP contribution in [0.5, 0.6) is 0 Å². The topological polar surface area (TPSA) is 104 Å². The highest BCUT2D eigenvalue weighted by atomic mass is 19.1. The number of piperidine rings is 1. The summed E-state index contributed by atoms with van der Waals surface area (Å²) in [5.74, 6) is -0.283. The molecule has 2 fully saturated rings. The minimum Gasteiger partial charge on any atom is -0.465 e. The fraction of sp³-hybridized carbons (Fsp3) is 0.500. The van der Waals surface area contributed by atoms with Crippen molar-refractivity contribution in [3.63, 3.8) is 0 Å². The Kier molecular flexibility index (Phi) is 7.52. The van der Waals surface area contributed by atoms with Gasteiger partial charge in [0.2, 0.25) is 5.91 Å². The molecule has 1 saturated carbocycles. The molecular formula is C30H36FN3O4. The zero-order chi connectivity index (χ0) is 26.9. The number of hydrogen-bond acceptors (Lipinski definition) is 4. The van der Waals surface area contributed by atoms with Crippen LogP contribution in [0, 0.1) is 23.1 Å². The molecule has 1 aliphatic carbocycles. The summed E-state index contributed by atoms with van der Waals surface area (Å²) in [4.78, 5) is 41.3. The zero-order valence-corrected chi connectivity index (χ0v) is 21.7. The highest BCUT2D eigenvalue weighted by Gasteiger charge is 2.51. The van der Waals surface area contributed by atoms with Crippen LogP contribution in [0.3, 0.4) is 0 Å². The van der Waals surface area contributed by atoms with Gasteiger partial charge in [-0.15, -0.1) is 0 Å². The molecule has 3 N–H and O–H groups in total. The minimum absolute atomic E-state index is 0.0118. The normalized spacial score (nSPS) is 26.2. The van der Waals surface area contributed by atoms with Crippen molar-refractivity contribution < 1.29 is 23.9 Å². The first-order valence-corrected chi connectivity index (χ1v) is 13.7. The Balaban J connectivity index is 1.14. The van der Waals surface area contributed by atoms with Crippen molar-refractivity contribution in [2.45, 2.75) is 50.9 Å². The van der Waals surface area contributed by atoms with E-state index in [-0.39, 0.29) is 35.9 Å². The molecule has 5 rings (SSSR count). The van der Waals surface area contributed by atoms with Gasteiger partial charge in [0, 0.05) is 23.9 Å². The van der Waals surface area contributed by atoms with Gasteiger partial charge < -0.3 is 15.7 Å². The number of carboxylic acid groups (broad SMARTS) is 1. The van der Waals surface area contributed by atoms with E-state index in [0.29, 0.717) is 30.0 Å². The lowest BCUT2D eigenvalue weighted by atomic mass is 9.61. The first-order chi connectivity index (χ1) is 18.3. The maximum atomic E-state index is 13.2. The van der Waals surface area contributed by atoms with Crippen LogP contribution in [0.4, 0.5) is 14.9 Å². The number of primary amides is 1. The molecule has 0 bridgehead atoms. The van der Waals surface area contributed by atoms with Gasteiger partial charge in [-0.1, -0.05) is 18.2 Å². The van der Waals surface area contributed by atoms with E-state index in [9.17, 15) is 23.9 Å². The van der Waals surface area contributed by atoms with E-state index in [1.165, 1.54) is 17.0 Å². The lowest BCUT2D eigenvalue weighted by Gasteiger charge is -2.42. The molecule has 7 nitrogen and oxygen atoms in total. The van der Waals surface area contributed by atoms with Crippen molar-refractivity contribution in [2.24, 2.45) is 23.0 Å². The molecule has 2 aliphatic heterocycles. The first kappa shape index (κ1) is 26.4. The smallest absolute Gasteiger partial charge is 0.411 e. The number of hydrogen-bond donors (Lipinski definition) is 2. The quantitative estimate of drug-likeness (QED) is 0.496. The van der Waals surface area contributed by atoms with Gasteiger partial charge in [0.1, 0.15) is 5.82 Å². The molecule has 202 valence electrons. The average molecular weight is 522 g/mol. The van der Waals surface area contributed by atoms with E-state index in [0.717, 1.165) is 57.3 Å². The van der Waals surface area contributed by atoms with E-state index in [4.69, 9.17) is 5.73 Å². The molecular weight excluding hydrogens is 485 g/mol. The Bertz CT molecular complexity index is 1180. The molecule has 1 saturated heterocycles. The number of nitrogens with two attached hydrogens (primary N) is 1. The lowest BCUT2D eigenvalue weighted by Crippen LogP contribution is -2.47. The van der Waals surface area contributed by atoms with Crippen LogP contribution in [0.2, 0.25) is 0 Å². The highest BCUT2D eigenvalue weighted by molar-refractivity contribution is 5.97. The van der Waals surface area contributed by atoms with E-state index in [1.54, 1.807) is 18.2 Å². The number of benzene rings is 2. The maximum absolute atomic E-state index is 13.2. The molecule has 0 radical (unpaired) electrons. The van der Waals surface area contributed by atoms with Crippen LogP contribution in [0.15, 0.2) is 48.5 Å². The minimum atomic E-state index is -1.00. The number of carbonyl (C=O) groups is 3. The number of anilines is 1. The second-order valence-corrected chi connectivity index (χ2v) is 11.2. The molecule has 38 heavy (non-hydrogen) atoms. The number of para-hydroxylation sites is 1. The molecule has 1 atom stereocenters. The number of carbonyl (C=O) groups excluding carboxylic acids is 2. The highest BCUT2D eigenvalue weighted by Crippen LogP contribution is 2.54. The van der Waals surface area contributed by atoms with Crippen molar-refractivity contribution in [3.05, 3.63) is 65.5 Å². The number of likely N-dealkylation sites (tertiary alicyclic amines) is 1. The molecule has 2 aromatic rings. The Hall–Kier alpha value is -3.26. The summed E-state index contributed by atoms with van der Waals surface area (Å²) in [6, 6.07) is 13.3. The molecule has 0 spiro atoms. The predicted octanol–water partition coefficient (Wildman–Crippen LogP) is 5.05. The third-order valence-corrected chi connectivity index (χ3v) is 9.29. The first-order valence-electron chi connectivity index (χ1n) is 13.7. The number of amides is 2. The van der Waals surface area contributed by atoms with Gasteiger partial charge in [-0.05, 0) is 106 Å². The second kappa shape index (κ2) is 10.8. The molecule has 1 unspecified atom stereocenters. The van der Waals surface area contributed by atoms with Crippen LogP contribution in [0.1, 0.15) is 66.8 Å². The van der Waals surface area contributed by atoms with E-state index in [1.807, 2.05) is 18.2 Å². The van der Waals surface area contributed by atoms with Crippen molar-refractivity contribution in [1.82, 2.24) is 4.90 Å². The average Bonchev–Trinajstić information content (AvgIpc) is 3.33. The summed E-state index contributed by atoms with van der Waals surface area (Å²) in [5, 5.41) is 9.72. The zero-order valence-electron chi connectivity index (χ0n) is 21.7. The Morgan fingerprint density at radius 3 is 2.26 bits per heavy atom. The number of rotatable bonds is 7. The van der Waals surface area contributed by atoms with Gasteiger partial charge in [0.25, 0.3) is 0 Å². The summed E-state index contributed by atoms with van der Waals surface area (Å²) in [6.45, 7) is 2.98. The number of Topliss-reactive ketones (excluding diaryl/α,β-unsaturated/α-hetero) is 1. The van der Waals surface area contributed by atoms with Crippen molar-refractivity contribution in [2.75, 3.05) is 31.1 Å². The Labute approximate surface area is 222 Å². The number of nitrogens with zero attached hydrogens (tertiary/aromatic N) is 2.